The molecule has 0 saturated carbocycles. The highest BCUT2D eigenvalue weighted by Crippen LogP contribution is 2.32. The van der Waals surface area contributed by atoms with E-state index in [9.17, 15) is 9.50 Å². The summed E-state index contributed by atoms with van der Waals surface area (Å²) in [5.74, 6) is 0.161. The van der Waals surface area contributed by atoms with E-state index in [1.807, 2.05) is 43.3 Å². The van der Waals surface area contributed by atoms with Crippen molar-refractivity contribution in [3.8, 4) is 11.1 Å². The minimum atomic E-state index is -1.10. The van der Waals surface area contributed by atoms with Crippen LogP contribution >= 0.6 is 0 Å². The van der Waals surface area contributed by atoms with Gasteiger partial charge >= 0.3 is 0 Å². The van der Waals surface area contributed by atoms with Crippen LogP contribution in [0.2, 0.25) is 0 Å². The van der Waals surface area contributed by atoms with Crippen LogP contribution in [-0.2, 0) is 5.60 Å². The smallest absolute Gasteiger partial charge is 0.159 e. The highest BCUT2D eigenvalue weighted by atomic mass is 19.1. The van der Waals surface area contributed by atoms with Gasteiger partial charge in [-0.05, 0) is 75.6 Å². The second-order valence-corrected chi connectivity index (χ2v) is 9.71. The first-order chi connectivity index (χ1) is 16.8. The molecule has 180 valence electrons. The van der Waals surface area contributed by atoms with Crippen LogP contribution in [0.5, 0.6) is 0 Å². The molecule has 0 unspecified atom stereocenters. The molecule has 2 aromatic carbocycles. The predicted molar refractivity (Wildman–Crippen MR) is 138 cm³/mol. The average molecular weight is 472 g/mol. The van der Waals surface area contributed by atoms with Crippen molar-refractivity contribution in [3.05, 3.63) is 78.3 Å². The molecule has 1 fully saturated rings. The summed E-state index contributed by atoms with van der Waals surface area (Å²) in [6, 6.07) is 13.1. The molecule has 2 aromatic heterocycles. The van der Waals surface area contributed by atoms with Gasteiger partial charge in [-0.25, -0.2) is 14.4 Å². The molecule has 0 amide bonds. The first-order valence-electron chi connectivity index (χ1n) is 12.0. The molecular weight excluding hydrogens is 441 g/mol. The summed E-state index contributed by atoms with van der Waals surface area (Å²) in [5, 5.41) is 14.6. The number of pyridine rings is 1. The van der Waals surface area contributed by atoms with E-state index in [-0.39, 0.29) is 11.9 Å². The van der Waals surface area contributed by atoms with E-state index >= 15 is 0 Å². The number of hydrogen-bond acceptors (Lipinski definition) is 6. The lowest BCUT2D eigenvalue weighted by atomic mass is 10.0. The van der Waals surface area contributed by atoms with Gasteiger partial charge in [-0.15, -0.1) is 0 Å². The number of halogens is 1. The zero-order chi connectivity index (χ0) is 24.6. The number of hydrogen-bond donors (Lipinski definition) is 2. The predicted octanol–water partition coefficient (Wildman–Crippen LogP) is 5.83. The lowest BCUT2D eigenvalue weighted by Gasteiger charge is -2.22. The van der Waals surface area contributed by atoms with Gasteiger partial charge in [0.2, 0.25) is 0 Å². The molecule has 1 saturated heterocycles. The monoisotopic (exact) mass is 471 g/mol. The third-order valence-electron chi connectivity index (χ3n) is 6.56. The Kier molecular flexibility index (Phi) is 6.11. The number of nitrogens with one attached hydrogen (secondary N) is 1. The molecule has 35 heavy (non-hydrogen) atoms. The van der Waals surface area contributed by atoms with Crippen LogP contribution < -0.4 is 10.2 Å². The molecule has 2 N–H and O–H groups in total. The SMILES string of the molecule is C[C@@H](Nc1ccnc2ccc(-c3cnc(C(C)(C)O)nc3)cc12)c1cc(N2CCCC2)ccc1F. The van der Waals surface area contributed by atoms with E-state index in [1.54, 1.807) is 38.5 Å². The summed E-state index contributed by atoms with van der Waals surface area (Å²) in [6.45, 7) is 7.33. The minimum Gasteiger partial charge on any atom is -0.382 e. The first kappa shape index (κ1) is 23.2. The molecule has 0 bridgehead atoms. The van der Waals surface area contributed by atoms with Crippen molar-refractivity contribution < 1.29 is 9.50 Å². The van der Waals surface area contributed by atoms with E-state index in [0.29, 0.717) is 11.4 Å². The number of aromatic nitrogens is 3. The third kappa shape index (κ3) is 4.82. The Morgan fingerprint density at radius 3 is 2.43 bits per heavy atom. The maximum atomic E-state index is 14.8. The third-order valence-corrected chi connectivity index (χ3v) is 6.56. The molecule has 5 rings (SSSR count). The highest BCUT2D eigenvalue weighted by Gasteiger charge is 2.20. The number of aliphatic hydroxyl groups is 1. The Labute approximate surface area is 204 Å². The van der Waals surface area contributed by atoms with Crippen molar-refractivity contribution in [2.45, 2.75) is 45.3 Å². The van der Waals surface area contributed by atoms with Gasteiger partial charge in [0.25, 0.3) is 0 Å². The molecule has 1 aliphatic rings. The fraction of sp³-hybridized carbons (Fsp3) is 0.321. The summed E-state index contributed by atoms with van der Waals surface area (Å²) in [4.78, 5) is 15.5. The quantitative estimate of drug-likeness (QED) is 0.368. The number of benzene rings is 2. The fourth-order valence-corrected chi connectivity index (χ4v) is 4.59. The molecule has 4 aromatic rings. The lowest BCUT2D eigenvalue weighted by Crippen LogP contribution is -2.19. The first-order valence-corrected chi connectivity index (χ1v) is 12.0. The Bertz CT molecular complexity index is 1340. The van der Waals surface area contributed by atoms with Crippen molar-refractivity contribution in [2.24, 2.45) is 0 Å². The fourth-order valence-electron chi connectivity index (χ4n) is 4.59. The maximum Gasteiger partial charge on any atom is 0.159 e. The van der Waals surface area contributed by atoms with E-state index < -0.39 is 5.60 Å². The van der Waals surface area contributed by atoms with Crippen LogP contribution in [0.3, 0.4) is 0 Å². The summed E-state index contributed by atoms with van der Waals surface area (Å²) in [5.41, 5.74) is 4.11. The van der Waals surface area contributed by atoms with Gasteiger partial charge in [0.15, 0.2) is 5.82 Å². The number of rotatable bonds is 6. The molecule has 3 heterocycles. The normalized spacial score (nSPS) is 14.9. The van der Waals surface area contributed by atoms with Gasteiger partial charge in [0.1, 0.15) is 11.4 Å². The van der Waals surface area contributed by atoms with Crippen LogP contribution in [0.15, 0.2) is 61.1 Å². The van der Waals surface area contributed by atoms with Crippen molar-refractivity contribution in [2.75, 3.05) is 23.3 Å². The Balaban J connectivity index is 1.45. The summed E-state index contributed by atoms with van der Waals surface area (Å²) >= 11 is 0. The van der Waals surface area contributed by atoms with Gasteiger partial charge in [-0.3, -0.25) is 4.98 Å². The van der Waals surface area contributed by atoms with Crippen molar-refractivity contribution in [1.29, 1.82) is 0 Å². The summed E-state index contributed by atoms with van der Waals surface area (Å²) < 4.78 is 14.8. The number of nitrogens with zero attached hydrogens (tertiary/aromatic N) is 4. The Hall–Kier alpha value is -3.58. The van der Waals surface area contributed by atoms with Gasteiger partial charge in [-0.1, -0.05) is 6.07 Å². The van der Waals surface area contributed by atoms with Crippen LogP contribution in [0.4, 0.5) is 15.8 Å². The van der Waals surface area contributed by atoms with E-state index in [0.717, 1.165) is 46.5 Å². The van der Waals surface area contributed by atoms with E-state index in [1.165, 1.54) is 12.8 Å². The van der Waals surface area contributed by atoms with Crippen LogP contribution in [0.1, 0.15) is 51.0 Å². The molecule has 0 aliphatic carbocycles. The lowest BCUT2D eigenvalue weighted by molar-refractivity contribution is 0.0687. The van der Waals surface area contributed by atoms with Gasteiger partial charge < -0.3 is 15.3 Å². The second-order valence-electron chi connectivity index (χ2n) is 9.71. The number of anilines is 2. The molecule has 6 nitrogen and oxygen atoms in total. The largest absolute Gasteiger partial charge is 0.382 e. The topological polar surface area (TPSA) is 74.2 Å². The maximum absolute atomic E-state index is 14.8. The highest BCUT2D eigenvalue weighted by molar-refractivity contribution is 5.94. The zero-order valence-electron chi connectivity index (χ0n) is 20.3. The Morgan fingerprint density at radius 1 is 0.971 bits per heavy atom. The summed E-state index contributed by atoms with van der Waals surface area (Å²) in [7, 11) is 0. The van der Waals surface area contributed by atoms with Gasteiger partial charge in [0, 0.05) is 59.6 Å². The van der Waals surface area contributed by atoms with Crippen molar-refractivity contribution in [1.82, 2.24) is 15.0 Å². The molecule has 1 aliphatic heterocycles. The van der Waals surface area contributed by atoms with Gasteiger partial charge in [0.05, 0.1) is 11.6 Å². The molecular formula is C28H30FN5O. The average Bonchev–Trinajstić information content (AvgIpc) is 3.39. The number of fused-ring (bicyclic) bond motifs is 1. The van der Waals surface area contributed by atoms with Crippen molar-refractivity contribution in [3.63, 3.8) is 0 Å². The zero-order valence-corrected chi connectivity index (χ0v) is 20.3. The standard InChI is InChI=1S/C28H30FN5O/c1-18(22-15-21(7-8-24(22)29)34-12-4-5-13-34)33-26-10-11-30-25-9-6-19(14-23(25)26)20-16-31-27(32-17-20)28(2,3)35/h6-11,14-18,35H,4-5,12-13H2,1-3H3,(H,30,33)/t18-/m1/s1. The molecule has 0 spiro atoms. The van der Waals surface area contributed by atoms with Crippen LogP contribution in [0.25, 0.3) is 22.0 Å². The van der Waals surface area contributed by atoms with Crippen LogP contribution in [-0.4, -0.2) is 33.1 Å². The van der Waals surface area contributed by atoms with Crippen LogP contribution in [0, 0.1) is 5.82 Å². The van der Waals surface area contributed by atoms with E-state index in [4.69, 9.17) is 0 Å². The van der Waals surface area contributed by atoms with Crippen molar-refractivity contribution >= 4 is 22.3 Å². The van der Waals surface area contributed by atoms with Gasteiger partial charge in [-0.2, -0.15) is 0 Å². The van der Waals surface area contributed by atoms with E-state index in [2.05, 4.69) is 25.2 Å². The molecule has 7 heteroatoms. The molecule has 1 atom stereocenters. The second kappa shape index (κ2) is 9.23. The molecule has 0 radical (unpaired) electrons. The Morgan fingerprint density at radius 2 is 1.71 bits per heavy atom. The minimum absolute atomic E-state index is 0.212. The summed E-state index contributed by atoms with van der Waals surface area (Å²) in [6.07, 6.45) is 7.55.